The first-order valence-corrected chi connectivity index (χ1v) is 10.6. The van der Waals surface area contributed by atoms with Gasteiger partial charge in [0.2, 0.25) is 15.9 Å². The molecule has 2 N–H and O–H groups in total. The zero-order valence-electron chi connectivity index (χ0n) is 15.6. The minimum absolute atomic E-state index is 0.0891. The number of sulfonamides is 1. The lowest BCUT2D eigenvalue weighted by atomic mass is 9.78. The molecule has 1 aromatic rings. The summed E-state index contributed by atoms with van der Waals surface area (Å²) in [4.78, 5) is 12.4. The highest BCUT2D eigenvalue weighted by Crippen LogP contribution is 2.29. The van der Waals surface area contributed by atoms with E-state index >= 15 is 0 Å². The molecule has 3 atom stereocenters. The van der Waals surface area contributed by atoms with Crippen LogP contribution in [0, 0.1) is 25.7 Å². The molecule has 1 aromatic carbocycles. The zero-order chi connectivity index (χ0) is 18.6. The second-order valence-electron chi connectivity index (χ2n) is 7.34. The van der Waals surface area contributed by atoms with Crippen molar-refractivity contribution in [1.82, 2.24) is 10.0 Å². The molecule has 0 bridgehead atoms. The summed E-state index contributed by atoms with van der Waals surface area (Å²) in [6.45, 7) is 8.33. The van der Waals surface area contributed by atoms with Crippen molar-refractivity contribution >= 4 is 15.9 Å². The molecule has 1 aliphatic carbocycles. The molecule has 0 spiro atoms. The Hall–Kier alpha value is -1.40. The number of benzene rings is 1. The molecule has 6 heteroatoms. The lowest BCUT2D eigenvalue weighted by molar-refractivity contribution is -0.122. The largest absolute Gasteiger partial charge is 0.353 e. The van der Waals surface area contributed by atoms with Crippen molar-refractivity contribution in [2.75, 3.05) is 6.54 Å². The van der Waals surface area contributed by atoms with Gasteiger partial charge in [-0.25, -0.2) is 13.1 Å². The van der Waals surface area contributed by atoms with E-state index < -0.39 is 10.0 Å². The van der Waals surface area contributed by atoms with Gasteiger partial charge in [0, 0.05) is 19.0 Å². The molecule has 0 heterocycles. The van der Waals surface area contributed by atoms with Crippen LogP contribution in [0.15, 0.2) is 23.1 Å². The van der Waals surface area contributed by atoms with Crippen molar-refractivity contribution in [3.8, 4) is 0 Å². The molecule has 1 saturated carbocycles. The quantitative estimate of drug-likeness (QED) is 0.813. The van der Waals surface area contributed by atoms with Crippen LogP contribution < -0.4 is 10.0 Å². The summed E-state index contributed by atoms with van der Waals surface area (Å²) in [5, 5.41) is 3.07. The molecule has 5 nitrogen and oxygen atoms in total. The number of carbonyl (C=O) groups is 1. The minimum atomic E-state index is -3.58. The third kappa shape index (κ3) is 5.28. The molecule has 1 amide bonds. The molecular formula is C19H30N2O3S. The van der Waals surface area contributed by atoms with Crippen molar-refractivity contribution in [3.05, 3.63) is 29.3 Å². The Morgan fingerprint density at radius 2 is 1.88 bits per heavy atom. The summed E-state index contributed by atoms with van der Waals surface area (Å²) in [6.07, 6.45) is 3.51. The van der Waals surface area contributed by atoms with E-state index in [9.17, 15) is 13.2 Å². The fourth-order valence-electron chi connectivity index (χ4n) is 3.33. The van der Waals surface area contributed by atoms with Gasteiger partial charge in [0.05, 0.1) is 4.90 Å². The maximum absolute atomic E-state index is 12.3. The second-order valence-corrected chi connectivity index (χ2v) is 9.10. The third-order valence-corrected chi connectivity index (χ3v) is 6.94. The first-order valence-electron chi connectivity index (χ1n) is 9.07. The van der Waals surface area contributed by atoms with Crippen LogP contribution in [-0.4, -0.2) is 26.9 Å². The van der Waals surface area contributed by atoms with Crippen molar-refractivity contribution in [1.29, 1.82) is 0 Å². The Morgan fingerprint density at radius 1 is 1.16 bits per heavy atom. The van der Waals surface area contributed by atoms with Gasteiger partial charge in [0.15, 0.2) is 0 Å². The second kappa shape index (κ2) is 8.32. The molecule has 0 radical (unpaired) electrons. The normalized spacial score (nSPS) is 24.1. The Kier molecular flexibility index (Phi) is 6.63. The molecule has 1 fully saturated rings. The Balaban J connectivity index is 1.84. The van der Waals surface area contributed by atoms with Crippen LogP contribution in [0.5, 0.6) is 0 Å². The molecule has 0 aromatic heterocycles. The average Bonchev–Trinajstić information content (AvgIpc) is 2.54. The van der Waals surface area contributed by atoms with Gasteiger partial charge >= 0.3 is 0 Å². The topological polar surface area (TPSA) is 75.3 Å². The molecule has 25 heavy (non-hydrogen) atoms. The van der Waals surface area contributed by atoms with Crippen LogP contribution in [0.2, 0.25) is 0 Å². The van der Waals surface area contributed by atoms with Crippen molar-refractivity contribution < 1.29 is 13.2 Å². The fourth-order valence-corrected chi connectivity index (χ4v) is 4.44. The highest BCUT2D eigenvalue weighted by molar-refractivity contribution is 7.89. The lowest BCUT2D eigenvalue weighted by Crippen LogP contribution is -2.44. The summed E-state index contributed by atoms with van der Waals surface area (Å²) in [5.74, 6) is 0.987. The van der Waals surface area contributed by atoms with Crippen LogP contribution in [0.25, 0.3) is 0 Å². The number of hydrogen-bond donors (Lipinski definition) is 2. The van der Waals surface area contributed by atoms with Crippen molar-refractivity contribution in [2.24, 2.45) is 11.8 Å². The van der Waals surface area contributed by atoms with Gasteiger partial charge in [-0.3, -0.25) is 4.79 Å². The SMILES string of the molecule is Cc1ccc(S(=O)(=O)NCCC(=O)NC2CCCC(C)C2C)cc1C. The van der Waals surface area contributed by atoms with E-state index in [1.54, 1.807) is 18.2 Å². The Morgan fingerprint density at radius 3 is 2.56 bits per heavy atom. The smallest absolute Gasteiger partial charge is 0.240 e. The van der Waals surface area contributed by atoms with E-state index in [0.29, 0.717) is 11.8 Å². The van der Waals surface area contributed by atoms with E-state index in [2.05, 4.69) is 23.9 Å². The number of hydrogen-bond acceptors (Lipinski definition) is 3. The molecule has 2 rings (SSSR count). The van der Waals surface area contributed by atoms with Gasteiger partial charge in [0.1, 0.15) is 0 Å². The standard InChI is InChI=1S/C19H30N2O3S/c1-13-8-9-17(12-15(13)3)25(23,24)20-11-10-19(22)21-18-7-5-6-14(2)16(18)4/h8-9,12,14,16,18,20H,5-7,10-11H2,1-4H3,(H,21,22). The number of rotatable bonds is 6. The highest BCUT2D eigenvalue weighted by Gasteiger charge is 2.28. The summed E-state index contributed by atoms with van der Waals surface area (Å²) in [6, 6.07) is 5.24. The molecular weight excluding hydrogens is 336 g/mol. The number of nitrogens with one attached hydrogen (secondary N) is 2. The Labute approximate surface area is 151 Å². The highest BCUT2D eigenvalue weighted by atomic mass is 32.2. The van der Waals surface area contributed by atoms with Gasteiger partial charge in [-0.2, -0.15) is 0 Å². The number of carbonyl (C=O) groups excluding carboxylic acids is 1. The number of amides is 1. The minimum Gasteiger partial charge on any atom is -0.353 e. The molecule has 140 valence electrons. The van der Waals surface area contributed by atoms with Gasteiger partial charge in [-0.15, -0.1) is 0 Å². The van der Waals surface area contributed by atoms with Crippen LogP contribution in [0.4, 0.5) is 0 Å². The number of aryl methyl sites for hydroxylation is 2. The fraction of sp³-hybridized carbons (Fsp3) is 0.632. The zero-order valence-corrected chi connectivity index (χ0v) is 16.4. The summed E-state index contributed by atoms with van der Waals surface area (Å²) >= 11 is 0. The van der Waals surface area contributed by atoms with Crippen molar-refractivity contribution in [3.63, 3.8) is 0 Å². The van der Waals surface area contributed by atoms with E-state index in [0.717, 1.165) is 24.0 Å². The van der Waals surface area contributed by atoms with Gasteiger partial charge in [-0.1, -0.05) is 32.8 Å². The predicted molar refractivity (Wildman–Crippen MR) is 99.8 cm³/mol. The molecule has 0 aliphatic heterocycles. The van der Waals surface area contributed by atoms with Crippen LogP contribution >= 0.6 is 0 Å². The lowest BCUT2D eigenvalue weighted by Gasteiger charge is -2.34. The predicted octanol–water partition coefficient (Wildman–Crippen LogP) is 2.91. The monoisotopic (exact) mass is 366 g/mol. The molecule has 1 aliphatic rings. The van der Waals surface area contributed by atoms with E-state index in [-0.39, 0.29) is 29.8 Å². The van der Waals surface area contributed by atoms with Gasteiger partial charge in [-0.05, 0) is 55.4 Å². The van der Waals surface area contributed by atoms with Crippen LogP contribution in [-0.2, 0) is 14.8 Å². The van der Waals surface area contributed by atoms with Crippen molar-refractivity contribution in [2.45, 2.75) is 64.3 Å². The molecule has 0 saturated heterocycles. The summed E-state index contributed by atoms with van der Waals surface area (Å²) in [7, 11) is -3.58. The summed E-state index contributed by atoms with van der Waals surface area (Å²) in [5.41, 5.74) is 1.98. The summed E-state index contributed by atoms with van der Waals surface area (Å²) < 4.78 is 27.2. The van der Waals surface area contributed by atoms with E-state index in [4.69, 9.17) is 0 Å². The average molecular weight is 367 g/mol. The maximum atomic E-state index is 12.3. The molecule has 3 unspecified atom stereocenters. The van der Waals surface area contributed by atoms with E-state index in [1.807, 2.05) is 13.8 Å². The first-order chi connectivity index (χ1) is 11.7. The third-order valence-electron chi connectivity index (χ3n) is 5.49. The van der Waals surface area contributed by atoms with Crippen LogP contribution in [0.3, 0.4) is 0 Å². The van der Waals surface area contributed by atoms with E-state index in [1.165, 1.54) is 6.42 Å². The Bertz CT molecular complexity index is 715. The first kappa shape index (κ1) is 19.9. The maximum Gasteiger partial charge on any atom is 0.240 e. The van der Waals surface area contributed by atoms with Gasteiger partial charge < -0.3 is 5.32 Å². The van der Waals surface area contributed by atoms with Gasteiger partial charge in [0.25, 0.3) is 0 Å². The van der Waals surface area contributed by atoms with Crippen LogP contribution in [0.1, 0.15) is 50.7 Å².